The fourth-order valence-electron chi connectivity index (χ4n) is 3.77. The van der Waals surface area contributed by atoms with Crippen molar-refractivity contribution in [2.24, 2.45) is 5.41 Å². The van der Waals surface area contributed by atoms with Crippen molar-refractivity contribution >= 4 is 39.1 Å². The third-order valence-electron chi connectivity index (χ3n) is 5.71. The summed E-state index contributed by atoms with van der Waals surface area (Å²) < 4.78 is 6.94. The minimum absolute atomic E-state index is 0.0414. The van der Waals surface area contributed by atoms with Crippen molar-refractivity contribution in [1.82, 2.24) is 9.55 Å². The summed E-state index contributed by atoms with van der Waals surface area (Å²) in [5, 5.41) is 1.32. The topological polar surface area (TPSA) is 61.2 Å². The van der Waals surface area contributed by atoms with Gasteiger partial charge in [0.05, 0.1) is 23.9 Å². The number of aryl methyl sites for hydroxylation is 2. The maximum Gasteiger partial charge on any atom is 0.267 e. The zero-order valence-electron chi connectivity index (χ0n) is 18.5. The van der Waals surface area contributed by atoms with Crippen molar-refractivity contribution in [3.8, 4) is 11.4 Å². The Morgan fingerprint density at radius 1 is 1.16 bits per heavy atom. The number of hydrogen-bond donors (Lipinski definition) is 0. The summed E-state index contributed by atoms with van der Waals surface area (Å²) in [6, 6.07) is 7.42. The lowest BCUT2D eigenvalue weighted by Crippen LogP contribution is -2.25. The van der Waals surface area contributed by atoms with E-state index in [1.54, 1.807) is 23.0 Å². The molecular weight excluding hydrogens is 428 g/mol. The van der Waals surface area contributed by atoms with Crippen molar-refractivity contribution in [3.05, 3.63) is 45.1 Å². The highest BCUT2D eigenvalue weighted by molar-refractivity contribution is 7.99. The molecule has 5 nitrogen and oxygen atoms in total. The summed E-state index contributed by atoms with van der Waals surface area (Å²) in [5.74, 6) is 1.14. The van der Waals surface area contributed by atoms with E-state index in [0.717, 1.165) is 47.3 Å². The van der Waals surface area contributed by atoms with Crippen LogP contribution in [-0.2, 0) is 17.6 Å². The number of rotatable bonds is 5. The Balaban J connectivity index is 1.87. The molecule has 4 rings (SSSR count). The summed E-state index contributed by atoms with van der Waals surface area (Å²) in [5.41, 5.74) is 1.45. The highest BCUT2D eigenvalue weighted by atomic mass is 32.2. The Morgan fingerprint density at radius 2 is 1.87 bits per heavy atom. The van der Waals surface area contributed by atoms with E-state index in [0.29, 0.717) is 5.16 Å². The first-order valence-electron chi connectivity index (χ1n) is 10.7. The molecule has 0 N–H and O–H groups in total. The Morgan fingerprint density at radius 3 is 2.55 bits per heavy atom. The quantitative estimate of drug-likeness (QED) is 0.291. The van der Waals surface area contributed by atoms with Crippen LogP contribution in [0.25, 0.3) is 15.9 Å². The van der Waals surface area contributed by atoms with Gasteiger partial charge < -0.3 is 4.74 Å². The van der Waals surface area contributed by atoms with E-state index in [-0.39, 0.29) is 17.1 Å². The molecule has 31 heavy (non-hydrogen) atoms. The van der Waals surface area contributed by atoms with Crippen molar-refractivity contribution in [2.45, 2.75) is 58.0 Å². The van der Waals surface area contributed by atoms with Crippen LogP contribution in [0.2, 0.25) is 0 Å². The number of carbonyl (C=O) groups is 1. The molecule has 0 radical (unpaired) electrons. The van der Waals surface area contributed by atoms with Crippen LogP contribution in [0.3, 0.4) is 0 Å². The van der Waals surface area contributed by atoms with Crippen LogP contribution < -0.4 is 10.3 Å². The Hall–Kier alpha value is -2.12. The number of nitrogens with zero attached hydrogens (tertiary/aromatic N) is 2. The second kappa shape index (κ2) is 8.79. The van der Waals surface area contributed by atoms with Gasteiger partial charge in [0, 0.05) is 10.3 Å². The fourth-order valence-corrected chi connectivity index (χ4v) is 6.24. The average Bonchev–Trinajstić information content (AvgIpc) is 2.92. The maximum atomic E-state index is 13.8. The van der Waals surface area contributed by atoms with E-state index in [2.05, 4.69) is 0 Å². The zero-order chi connectivity index (χ0) is 22.2. The van der Waals surface area contributed by atoms with E-state index < -0.39 is 5.41 Å². The molecule has 0 atom stereocenters. The normalized spacial score (nSPS) is 14.3. The summed E-state index contributed by atoms with van der Waals surface area (Å²) in [4.78, 5) is 33.4. The van der Waals surface area contributed by atoms with Crippen LogP contribution in [-0.4, -0.2) is 28.2 Å². The number of benzene rings is 1. The largest absolute Gasteiger partial charge is 0.497 e. The number of thioether (sulfide) groups is 1. The Kier molecular flexibility index (Phi) is 6.26. The van der Waals surface area contributed by atoms with Crippen molar-refractivity contribution in [1.29, 1.82) is 0 Å². The smallest absolute Gasteiger partial charge is 0.267 e. The second-order valence-electron chi connectivity index (χ2n) is 8.94. The number of methoxy groups -OCH3 is 1. The monoisotopic (exact) mass is 456 g/mol. The summed E-state index contributed by atoms with van der Waals surface area (Å²) in [6.45, 7) is 5.75. The van der Waals surface area contributed by atoms with Crippen LogP contribution in [0.4, 0.5) is 0 Å². The van der Waals surface area contributed by atoms with Crippen molar-refractivity contribution in [3.63, 3.8) is 0 Å². The first kappa shape index (κ1) is 22.1. The number of fused-ring (bicyclic) bond motifs is 3. The van der Waals surface area contributed by atoms with Gasteiger partial charge in [-0.1, -0.05) is 39.0 Å². The van der Waals surface area contributed by atoms with Gasteiger partial charge in [0.2, 0.25) is 0 Å². The van der Waals surface area contributed by atoms with Crippen LogP contribution in [0.15, 0.2) is 34.2 Å². The molecule has 0 bridgehead atoms. The lowest BCUT2D eigenvalue weighted by Gasteiger charge is -2.17. The van der Waals surface area contributed by atoms with Gasteiger partial charge in [-0.05, 0) is 55.5 Å². The maximum absolute atomic E-state index is 13.8. The van der Waals surface area contributed by atoms with Crippen molar-refractivity contribution < 1.29 is 9.53 Å². The standard InChI is InChI=1S/C24H28N2O3S2/c1-24(2,3)19(27)14-30-23-25-21-20(17-8-6-5-7-9-18(17)31-21)22(28)26(23)15-10-12-16(29-4)13-11-15/h10-13H,5-9,14H2,1-4H3. The van der Waals surface area contributed by atoms with Crippen LogP contribution in [0.1, 0.15) is 50.5 Å². The van der Waals surface area contributed by atoms with Crippen LogP contribution in [0, 0.1) is 5.41 Å². The molecule has 0 saturated carbocycles. The molecule has 0 unspecified atom stereocenters. The molecular formula is C24H28N2O3S2. The number of carbonyl (C=O) groups excluding carboxylic acids is 1. The molecule has 1 aromatic carbocycles. The van der Waals surface area contributed by atoms with Gasteiger partial charge in [-0.3, -0.25) is 14.2 Å². The first-order valence-corrected chi connectivity index (χ1v) is 12.5. The SMILES string of the molecule is COc1ccc(-n2c(SCC(=O)C(C)(C)C)nc3sc4c(c3c2=O)CCCCC4)cc1. The van der Waals surface area contributed by atoms with Gasteiger partial charge in [0.25, 0.3) is 5.56 Å². The minimum Gasteiger partial charge on any atom is -0.497 e. The van der Waals surface area contributed by atoms with Gasteiger partial charge in [0.1, 0.15) is 16.4 Å². The predicted octanol–water partition coefficient (Wildman–Crippen LogP) is 5.43. The van der Waals surface area contributed by atoms with Gasteiger partial charge in [-0.25, -0.2) is 4.98 Å². The molecule has 2 heterocycles. The zero-order valence-corrected chi connectivity index (χ0v) is 20.1. The highest BCUT2D eigenvalue weighted by Gasteiger charge is 2.25. The summed E-state index contributed by atoms with van der Waals surface area (Å²) in [7, 11) is 1.62. The number of ether oxygens (including phenoxy) is 1. The van der Waals surface area contributed by atoms with E-state index in [4.69, 9.17) is 9.72 Å². The van der Waals surface area contributed by atoms with Crippen LogP contribution in [0.5, 0.6) is 5.75 Å². The average molecular weight is 457 g/mol. The van der Waals surface area contributed by atoms with Gasteiger partial charge in [-0.15, -0.1) is 11.3 Å². The fraction of sp³-hybridized carbons (Fsp3) is 0.458. The number of thiophene rings is 1. The number of hydrogen-bond acceptors (Lipinski definition) is 6. The Labute approximate surface area is 190 Å². The lowest BCUT2D eigenvalue weighted by molar-refractivity contribution is -0.123. The van der Waals surface area contributed by atoms with E-state index in [9.17, 15) is 9.59 Å². The molecule has 0 spiro atoms. The number of Topliss-reactive ketones (excluding diaryl/α,β-unsaturated/α-hetero) is 1. The third-order valence-corrected chi connectivity index (χ3v) is 7.83. The van der Waals surface area contributed by atoms with E-state index >= 15 is 0 Å². The lowest BCUT2D eigenvalue weighted by atomic mass is 9.92. The van der Waals surface area contributed by atoms with Gasteiger partial charge in [-0.2, -0.15) is 0 Å². The number of ketones is 1. The Bertz CT molecular complexity index is 1170. The molecule has 164 valence electrons. The predicted molar refractivity (Wildman–Crippen MR) is 128 cm³/mol. The molecule has 1 aliphatic carbocycles. The molecule has 3 aromatic rings. The molecule has 0 fully saturated rings. The number of aromatic nitrogens is 2. The van der Waals surface area contributed by atoms with Crippen LogP contribution >= 0.6 is 23.1 Å². The molecule has 0 amide bonds. The highest BCUT2D eigenvalue weighted by Crippen LogP contribution is 2.35. The molecule has 0 aliphatic heterocycles. The minimum atomic E-state index is -0.428. The summed E-state index contributed by atoms with van der Waals surface area (Å²) in [6.07, 6.45) is 5.42. The second-order valence-corrected chi connectivity index (χ2v) is 11.0. The molecule has 1 aliphatic rings. The van der Waals surface area contributed by atoms with Crippen molar-refractivity contribution in [2.75, 3.05) is 12.9 Å². The van der Waals surface area contributed by atoms with E-state index in [1.165, 1.54) is 28.6 Å². The van der Waals surface area contributed by atoms with Gasteiger partial charge in [0.15, 0.2) is 5.16 Å². The van der Waals surface area contributed by atoms with Gasteiger partial charge >= 0.3 is 0 Å². The third kappa shape index (κ3) is 4.44. The molecule has 0 saturated heterocycles. The molecule has 2 aromatic heterocycles. The molecule has 7 heteroatoms. The van der Waals surface area contributed by atoms with E-state index in [1.807, 2.05) is 45.0 Å². The summed E-state index contributed by atoms with van der Waals surface area (Å²) >= 11 is 2.99. The first-order chi connectivity index (χ1) is 14.8.